The Kier molecular flexibility index (Phi) is 7.57. The number of phenols is 1. The lowest BCUT2D eigenvalue weighted by Crippen LogP contribution is -2.43. The quantitative estimate of drug-likeness (QED) is 0.282. The molecule has 0 radical (unpaired) electrons. The second-order valence-electron chi connectivity index (χ2n) is 13.5. The number of hydrogen-bond acceptors (Lipinski definition) is 9. The molecule has 2 aromatic carbocycles. The number of aryl methyl sites for hydroxylation is 2. The van der Waals surface area contributed by atoms with Crippen molar-refractivity contribution in [1.82, 2.24) is 24.6 Å². The van der Waals surface area contributed by atoms with Gasteiger partial charge in [0, 0.05) is 68.4 Å². The van der Waals surface area contributed by atoms with Crippen molar-refractivity contribution < 1.29 is 18.6 Å². The normalized spacial score (nSPS) is 22.7. The van der Waals surface area contributed by atoms with Gasteiger partial charge in [0.2, 0.25) is 0 Å². The molecule has 2 N–H and O–H groups in total. The number of aromatic nitrogens is 4. The number of rotatable bonds is 7. The summed E-state index contributed by atoms with van der Waals surface area (Å²) in [5, 5.41) is 20.2. The van der Waals surface area contributed by atoms with Crippen LogP contribution in [-0.2, 0) is 32.5 Å². The van der Waals surface area contributed by atoms with Crippen molar-refractivity contribution in [2.24, 2.45) is 0 Å². The van der Waals surface area contributed by atoms with E-state index in [0.717, 1.165) is 83.9 Å². The van der Waals surface area contributed by atoms with Gasteiger partial charge >= 0.3 is 6.01 Å². The van der Waals surface area contributed by atoms with E-state index in [1.807, 2.05) is 14.0 Å². The third-order valence-electron chi connectivity index (χ3n) is 10.6. The Hall–Kier alpha value is -4.19. The minimum absolute atomic E-state index is 0.143. The van der Waals surface area contributed by atoms with Crippen molar-refractivity contribution in [3.8, 4) is 11.8 Å². The van der Waals surface area contributed by atoms with E-state index in [4.69, 9.17) is 19.8 Å². The zero-order valence-corrected chi connectivity index (χ0v) is 27.1. The molecule has 0 spiro atoms. The van der Waals surface area contributed by atoms with Crippen molar-refractivity contribution in [2.75, 3.05) is 55.0 Å². The Balaban J connectivity index is 1.18. The number of ether oxygens (including phenoxy) is 1. The molecule has 248 valence electrons. The van der Waals surface area contributed by atoms with Gasteiger partial charge in [-0.05, 0) is 61.7 Å². The highest BCUT2D eigenvalue weighted by Crippen LogP contribution is 2.42. The lowest BCUT2D eigenvalue weighted by atomic mass is 9.95. The molecule has 0 unspecified atom stereocenters. The van der Waals surface area contributed by atoms with Crippen LogP contribution in [0.25, 0.3) is 10.8 Å². The van der Waals surface area contributed by atoms with Gasteiger partial charge in [-0.1, -0.05) is 13.0 Å². The van der Waals surface area contributed by atoms with Gasteiger partial charge in [-0.15, -0.1) is 0 Å². The molecule has 10 nitrogen and oxygen atoms in total. The standard InChI is InChI=1S/C35H42F2N8O2/c1-3-26-28(37)7-6-22-14-25(46)16-30(32(22)26)42-13-8-27-29(20-42)39-34(47-21-35-9-4-11-44(35)18-23(36)17-35)40-33(27)43-10-5-12-45-24(19-43)15-31(38-2)41-45/h6-7,14-16,23,46H,3-5,8-13,17-21H2,1-2H3,(H,38,41)/t23-,35+/m1/s1. The number of fused-ring (bicyclic) bond motifs is 4. The third-order valence-corrected chi connectivity index (χ3v) is 10.6. The maximum absolute atomic E-state index is 15.0. The molecule has 0 bridgehead atoms. The van der Waals surface area contributed by atoms with E-state index in [-0.39, 0.29) is 17.1 Å². The fraction of sp³-hybridized carbons (Fsp3) is 0.514. The topological polar surface area (TPSA) is 94.8 Å². The van der Waals surface area contributed by atoms with Gasteiger partial charge in [0.05, 0.1) is 30.0 Å². The van der Waals surface area contributed by atoms with Crippen LogP contribution in [0, 0.1) is 5.82 Å². The molecule has 2 aromatic heterocycles. The number of nitrogens with one attached hydrogen (secondary N) is 1. The number of benzene rings is 2. The molecular formula is C35H42F2N8O2. The Morgan fingerprint density at radius 2 is 1.96 bits per heavy atom. The van der Waals surface area contributed by atoms with Crippen LogP contribution in [-0.4, -0.2) is 81.3 Å². The van der Waals surface area contributed by atoms with Gasteiger partial charge in [0.1, 0.15) is 36.0 Å². The van der Waals surface area contributed by atoms with Crippen LogP contribution in [0.5, 0.6) is 11.8 Å². The van der Waals surface area contributed by atoms with Crippen LogP contribution >= 0.6 is 0 Å². The van der Waals surface area contributed by atoms with E-state index < -0.39 is 6.17 Å². The minimum atomic E-state index is -0.841. The Labute approximate surface area is 273 Å². The van der Waals surface area contributed by atoms with Crippen molar-refractivity contribution in [1.29, 1.82) is 0 Å². The maximum Gasteiger partial charge on any atom is 0.318 e. The van der Waals surface area contributed by atoms with Crippen molar-refractivity contribution in [3.63, 3.8) is 0 Å². The zero-order chi connectivity index (χ0) is 32.3. The van der Waals surface area contributed by atoms with E-state index in [1.165, 1.54) is 6.07 Å². The fourth-order valence-electron chi connectivity index (χ4n) is 8.40. The Morgan fingerprint density at radius 1 is 1.06 bits per heavy atom. The largest absolute Gasteiger partial charge is 0.508 e. The number of halogens is 2. The van der Waals surface area contributed by atoms with Crippen molar-refractivity contribution in [3.05, 3.63) is 58.7 Å². The summed E-state index contributed by atoms with van der Waals surface area (Å²) in [6.07, 6.45) is 3.71. The van der Waals surface area contributed by atoms with Gasteiger partial charge in [-0.25, -0.2) is 8.78 Å². The van der Waals surface area contributed by atoms with Crippen LogP contribution in [0.15, 0.2) is 30.3 Å². The molecule has 4 aliphatic heterocycles. The first kappa shape index (κ1) is 30.2. The van der Waals surface area contributed by atoms with Crippen molar-refractivity contribution in [2.45, 2.75) is 76.8 Å². The molecule has 12 heteroatoms. The molecule has 2 atom stereocenters. The van der Waals surface area contributed by atoms with Crippen LogP contribution < -0.4 is 19.9 Å². The highest BCUT2D eigenvalue weighted by Gasteiger charge is 2.49. The third kappa shape index (κ3) is 5.30. The first-order valence-electron chi connectivity index (χ1n) is 16.9. The maximum atomic E-state index is 15.0. The predicted molar refractivity (Wildman–Crippen MR) is 178 cm³/mol. The first-order chi connectivity index (χ1) is 22.8. The van der Waals surface area contributed by atoms with Gasteiger partial charge in [0.15, 0.2) is 0 Å². The highest BCUT2D eigenvalue weighted by molar-refractivity contribution is 5.98. The fourth-order valence-corrected chi connectivity index (χ4v) is 8.40. The summed E-state index contributed by atoms with van der Waals surface area (Å²) in [7, 11) is 1.88. The van der Waals surface area contributed by atoms with E-state index in [1.54, 1.807) is 18.2 Å². The smallest absolute Gasteiger partial charge is 0.318 e. The van der Waals surface area contributed by atoms with Crippen LogP contribution in [0.4, 0.5) is 26.1 Å². The Bertz CT molecular complexity index is 1830. The second kappa shape index (κ2) is 11.8. The lowest BCUT2D eigenvalue weighted by Gasteiger charge is -2.35. The summed E-state index contributed by atoms with van der Waals surface area (Å²) in [6, 6.07) is 9.04. The summed E-state index contributed by atoms with van der Waals surface area (Å²) >= 11 is 0. The van der Waals surface area contributed by atoms with E-state index in [2.05, 4.69) is 30.8 Å². The average molecular weight is 645 g/mol. The van der Waals surface area contributed by atoms with Gasteiger partial charge < -0.3 is 25.0 Å². The first-order valence-corrected chi connectivity index (χ1v) is 16.9. The van der Waals surface area contributed by atoms with Crippen LogP contribution in [0.1, 0.15) is 55.1 Å². The molecule has 8 rings (SSSR count). The summed E-state index contributed by atoms with van der Waals surface area (Å²) < 4.78 is 38.1. The monoisotopic (exact) mass is 644 g/mol. The molecule has 0 saturated carbocycles. The molecule has 47 heavy (non-hydrogen) atoms. The SMILES string of the molecule is CCc1c(F)ccc2cc(O)cc(N3CCc4c(nc(OC[C@@]56CCCN5C[C@H](F)C6)nc4N4CCCn5nc(NC)cc5C4)C3)c12. The molecule has 4 aliphatic rings. The van der Waals surface area contributed by atoms with Crippen molar-refractivity contribution >= 4 is 28.1 Å². The van der Waals surface area contributed by atoms with Gasteiger partial charge in [-0.2, -0.15) is 15.1 Å². The molecule has 2 saturated heterocycles. The van der Waals surface area contributed by atoms with Gasteiger partial charge in [0.25, 0.3) is 0 Å². The number of aromatic hydroxyl groups is 1. The molecular weight excluding hydrogens is 602 g/mol. The predicted octanol–water partition coefficient (Wildman–Crippen LogP) is 5.20. The number of anilines is 3. The summed E-state index contributed by atoms with van der Waals surface area (Å²) in [5.74, 6) is 1.61. The molecule has 4 aromatic rings. The highest BCUT2D eigenvalue weighted by atomic mass is 19.1. The van der Waals surface area contributed by atoms with Crippen LogP contribution in [0.3, 0.4) is 0 Å². The lowest BCUT2D eigenvalue weighted by molar-refractivity contribution is 0.107. The zero-order valence-electron chi connectivity index (χ0n) is 27.1. The number of phenolic OH excluding ortho intramolecular Hbond substituents is 1. The van der Waals surface area contributed by atoms with E-state index >= 15 is 4.39 Å². The molecule has 6 heterocycles. The van der Waals surface area contributed by atoms with Gasteiger partial charge in [-0.3, -0.25) is 9.58 Å². The molecule has 0 aliphatic carbocycles. The molecule has 0 amide bonds. The molecule has 2 fully saturated rings. The summed E-state index contributed by atoms with van der Waals surface area (Å²) in [4.78, 5) is 16.8. The Morgan fingerprint density at radius 3 is 2.81 bits per heavy atom. The number of alkyl halides is 1. The van der Waals surface area contributed by atoms with E-state index in [0.29, 0.717) is 63.6 Å². The van der Waals surface area contributed by atoms with Crippen LogP contribution in [0.2, 0.25) is 0 Å². The summed E-state index contributed by atoms with van der Waals surface area (Å²) in [6.45, 7) is 7.06. The number of hydrogen-bond donors (Lipinski definition) is 2. The summed E-state index contributed by atoms with van der Waals surface area (Å²) in [5.41, 5.74) is 4.16. The number of nitrogens with zero attached hydrogens (tertiary/aromatic N) is 7. The average Bonchev–Trinajstić information content (AvgIpc) is 3.69. The van der Waals surface area contributed by atoms with E-state index in [9.17, 15) is 9.50 Å². The second-order valence-corrected chi connectivity index (χ2v) is 13.5. The minimum Gasteiger partial charge on any atom is -0.508 e.